The van der Waals surface area contributed by atoms with Gasteiger partial charge in [-0.3, -0.25) is 9.69 Å². The summed E-state index contributed by atoms with van der Waals surface area (Å²) in [6.07, 6.45) is 4.96. The number of carbonyl (C=O) groups excluding carboxylic acids is 1. The zero-order valence-corrected chi connectivity index (χ0v) is 14.2. The Balaban J connectivity index is 1.49. The van der Waals surface area contributed by atoms with Crippen LogP contribution in [-0.2, 0) is 11.3 Å². The number of hydrogen-bond acceptors (Lipinski definition) is 4. The highest BCUT2D eigenvalue weighted by atomic mass is 16.3. The van der Waals surface area contributed by atoms with Gasteiger partial charge < -0.3 is 15.5 Å². The van der Waals surface area contributed by atoms with Crippen LogP contribution in [0.2, 0.25) is 0 Å². The van der Waals surface area contributed by atoms with Crippen LogP contribution >= 0.6 is 0 Å². The summed E-state index contributed by atoms with van der Waals surface area (Å²) in [5.41, 5.74) is 1.10. The Hall–Kier alpha value is -1.59. The lowest BCUT2D eigenvalue weighted by molar-refractivity contribution is -0.127. The van der Waals surface area contributed by atoms with E-state index in [-0.39, 0.29) is 24.0 Å². The molecule has 1 aromatic rings. The van der Waals surface area contributed by atoms with Gasteiger partial charge in [0.2, 0.25) is 5.91 Å². The summed E-state index contributed by atoms with van der Waals surface area (Å²) in [4.78, 5) is 14.8. The number of hydrogen-bond donors (Lipinski definition) is 3. The van der Waals surface area contributed by atoms with Gasteiger partial charge in [0.25, 0.3) is 0 Å². The van der Waals surface area contributed by atoms with Crippen LogP contribution in [0, 0.1) is 5.92 Å². The van der Waals surface area contributed by atoms with Gasteiger partial charge in [0.05, 0.1) is 6.10 Å². The Labute approximate surface area is 143 Å². The maximum atomic E-state index is 12.4. The van der Waals surface area contributed by atoms with Crippen LogP contribution in [0.15, 0.2) is 24.3 Å². The molecule has 1 heterocycles. The molecule has 5 nitrogen and oxygen atoms in total. The minimum atomic E-state index is -0.221. The van der Waals surface area contributed by atoms with E-state index in [4.69, 9.17) is 0 Å². The standard InChI is InChI=1S/C19H28N2O3/c22-17-8-6-15(7-9-17)19(24)20-16-4-2-10-21(13-16)12-14-3-1-5-18(23)11-14/h1,3,5,11,15-17,22-23H,2,4,6-10,12-13H2,(H,20,24)/t15?,16-,17?/m0/s1. The fraction of sp³-hybridized carbons (Fsp3) is 0.632. The van der Waals surface area contributed by atoms with Crippen molar-refractivity contribution in [3.05, 3.63) is 29.8 Å². The average molecular weight is 332 g/mol. The van der Waals surface area contributed by atoms with Crippen molar-refractivity contribution in [3.8, 4) is 5.75 Å². The first kappa shape index (κ1) is 17.2. The lowest BCUT2D eigenvalue weighted by Gasteiger charge is -2.34. The average Bonchev–Trinajstić information content (AvgIpc) is 2.56. The Bertz CT molecular complexity index is 555. The number of rotatable bonds is 4. The molecule has 3 rings (SSSR count). The highest BCUT2D eigenvalue weighted by Crippen LogP contribution is 2.25. The van der Waals surface area contributed by atoms with E-state index < -0.39 is 0 Å². The zero-order valence-electron chi connectivity index (χ0n) is 14.2. The van der Waals surface area contributed by atoms with E-state index in [1.807, 2.05) is 12.1 Å². The minimum absolute atomic E-state index is 0.0647. The summed E-state index contributed by atoms with van der Waals surface area (Å²) >= 11 is 0. The maximum absolute atomic E-state index is 12.4. The number of phenolic OH excluding ortho intramolecular Hbond substituents is 1. The molecule has 1 aliphatic carbocycles. The highest BCUT2D eigenvalue weighted by Gasteiger charge is 2.28. The third-order valence-corrected chi connectivity index (χ3v) is 5.24. The molecule has 0 aromatic heterocycles. The van der Waals surface area contributed by atoms with Gasteiger partial charge in [0, 0.05) is 25.0 Å². The first-order valence-corrected chi connectivity index (χ1v) is 9.09. The summed E-state index contributed by atoms with van der Waals surface area (Å²) in [5.74, 6) is 0.523. The van der Waals surface area contributed by atoms with E-state index in [1.54, 1.807) is 12.1 Å². The van der Waals surface area contributed by atoms with Crippen molar-refractivity contribution in [1.82, 2.24) is 10.2 Å². The third-order valence-electron chi connectivity index (χ3n) is 5.24. The van der Waals surface area contributed by atoms with Crippen LogP contribution in [-0.4, -0.2) is 46.3 Å². The van der Waals surface area contributed by atoms with Gasteiger partial charge in [-0.25, -0.2) is 0 Å². The second-order valence-electron chi connectivity index (χ2n) is 7.26. The van der Waals surface area contributed by atoms with Gasteiger partial charge in [-0.15, -0.1) is 0 Å². The predicted molar refractivity (Wildman–Crippen MR) is 92.5 cm³/mol. The number of aliphatic hydroxyl groups is 1. The molecule has 2 aliphatic rings. The summed E-state index contributed by atoms with van der Waals surface area (Å²) < 4.78 is 0. The SMILES string of the molecule is O=C(N[C@H]1CCCN(Cc2cccc(O)c2)C1)C1CCC(O)CC1. The number of piperidine rings is 1. The Morgan fingerprint density at radius 2 is 2.00 bits per heavy atom. The molecule has 1 amide bonds. The second kappa shape index (κ2) is 7.99. The smallest absolute Gasteiger partial charge is 0.223 e. The van der Waals surface area contributed by atoms with Crippen LogP contribution in [0.25, 0.3) is 0 Å². The quantitative estimate of drug-likeness (QED) is 0.789. The van der Waals surface area contributed by atoms with Gasteiger partial charge in [0.15, 0.2) is 0 Å². The fourth-order valence-electron chi connectivity index (χ4n) is 3.89. The van der Waals surface area contributed by atoms with Crippen LogP contribution in [0.5, 0.6) is 5.75 Å². The first-order chi connectivity index (χ1) is 11.6. The number of nitrogens with one attached hydrogen (secondary N) is 1. The zero-order chi connectivity index (χ0) is 16.9. The van der Waals surface area contributed by atoms with Crippen molar-refractivity contribution in [2.45, 2.75) is 57.2 Å². The lowest BCUT2D eigenvalue weighted by Crippen LogP contribution is -2.49. The highest BCUT2D eigenvalue weighted by molar-refractivity contribution is 5.79. The normalized spacial score (nSPS) is 28.5. The molecule has 1 atom stereocenters. The number of aliphatic hydroxyl groups excluding tert-OH is 1. The van der Waals surface area contributed by atoms with Crippen LogP contribution < -0.4 is 5.32 Å². The minimum Gasteiger partial charge on any atom is -0.508 e. The molecular weight excluding hydrogens is 304 g/mol. The Morgan fingerprint density at radius 1 is 1.21 bits per heavy atom. The van der Waals surface area contributed by atoms with E-state index in [9.17, 15) is 15.0 Å². The van der Waals surface area contributed by atoms with Crippen molar-refractivity contribution in [2.24, 2.45) is 5.92 Å². The molecule has 132 valence electrons. The van der Waals surface area contributed by atoms with Gasteiger partial charge in [-0.2, -0.15) is 0 Å². The summed E-state index contributed by atoms with van der Waals surface area (Å²) in [5, 5.41) is 22.4. The van der Waals surface area contributed by atoms with E-state index in [0.717, 1.165) is 63.7 Å². The molecule has 0 bridgehead atoms. The van der Waals surface area contributed by atoms with Crippen LogP contribution in [0.4, 0.5) is 0 Å². The lowest BCUT2D eigenvalue weighted by atomic mass is 9.86. The molecular formula is C19H28N2O3. The Morgan fingerprint density at radius 3 is 2.75 bits per heavy atom. The van der Waals surface area contributed by atoms with Crippen LogP contribution in [0.3, 0.4) is 0 Å². The number of phenols is 1. The molecule has 1 saturated heterocycles. The molecule has 0 unspecified atom stereocenters. The predicted octanol–water partition coefficient (Wildman–Crippen LogP) is 2.02. The molecule has 0 radical (unpaired) electrons. The van der Waals surface area contributed by atoms with Gasteiger partial charge in [0.1, 0.15) is 5.75 Å². The molecule has 0 spiro atoms. The van der Waals surface area contributed by atoms with Gasteiger partial charge in [-0.05, 0) is 62.8 Å². The number of aromatic hydroxyl groups is 1. The van der Waals surface area contributed by atoms with Crippen molar-refractivity contribution in [2.75, 3.05) is 13.1 Å². The molecule has 3 N–H and O–H groups in total. The first-order valence-electron chi connectivity index (χ1n) is 9.09. The number of amides is 1. The molecule has 5 heteroatoms. The largest absolute Gasteiger partial charge is 0.508 e. The number of nitrogens with zero attached hydrogens (tertiary/aromatic N) is 1. The van der Waals surface area contributed by atoms with Gasteiger partial charge >= 0.3 is 0 Å². The van der Waals surface area contributed by atoms with E-state index in [2.05, 4.69) is 10.2 Å². The van der Waals surface area contributed by atoms with Crippen molar-refractivity contribution >= 4 is 5.91 Å². The summed E-state index contributed by atoms with van der Waals surface area (Å²) in [6, 6.07) is 7.58. The molecule has 24 heavy (non-hydrogen) atoms. The van der Waals surface area contributed by atoms with E-state index in [1.165, 1.54) is 0 Å². The fourth-order valence-corrected chi connectivity index (χ4v) is 3.89. The molecule has 1 saturated carbocycles. The third kappa shape index (κ3) is 4.71. The monoisotopic (exact) mass is 332 g/mol. The van der Waals surface area contributed by atoms with Crippen molar-refractivity contribution < 1.29 is 15.0 Å². The number of likely N-dealkylation sites (tertiary alicyclic amines) is 1. The van der Waals surface area contributed by atoms with Gasteiger partial charge in [-0.1, -0.05) is 12.1 Å². The van der Waals surface area contributed by atoms with Crippen molar-refractivity contribution in [1.29, 1.82) is 0 Å². The number of carbonyl (C=O) groups is 1. The summed E-state index contributed by atoms with van der Waals surface area (Å²) in [6.45, 7) is 2.69. The van der Waals surface area contributed by atoms with Crippen molar-refractivity contribution in [3.63, 3.8) is 0 Å². The topological polar surface area (TPSA) is 72.8 Å². The second-order valence-corrected chi connectivity index (χ2v) is 7.26. The molecule has 1 aromatic carbocycles. The number of benzene rings is 1. The Kier molecular flexibility index (Phi) is 5.74. The van der Waals surface area contributed by atoms with Crippen LogP contribution in [0.1, 0.15) is 44.1 Å². The summed E-state index contributed by atoms with van der Waals surface area (Å²) in [7, 11) is 0. The molecule has 2 fully saturated rings. The van der Waals surface area contributed by atoms with E-state index in [0.29, 0.717) is 5.75 Å². The van der Waals surface area contributed by atoms with E-state index >= 15 is 0 Å². The maximum Gasteiger partial charge on any atom is 0.223 e. The molecule has 1 aliphatic heterocycles.